The first-order valence-electron chi connectivity index (χ1n) is 9.15. The predicted molar refractivity (Wildman–Crippen MR) is 103 cm³/mol. The molecule has 0 saturated carbocycles. The number of aliphatic hydroxyl groups is 1. The van der Waals surface area contributed by atoms with Crippen LogP contribution in [0.4, 0.5) is 0 Å². The van der Waals surface area contributed by atoms with E-state index in [2.05, 4.69) is 38.8 Å². The summed E-state index contributed by atoms with van der Waals surface area (Å²) in [6.45, 7) is 14.2. The molecule has 1 aromatic rings. The fourth-order valence-corrected chi connectivity index (χ4v) is 4.26. The molecule has 2 N–H and O–H groups in total. The monoisotopic (exact) mass is 384 g/mol. The lowest BCUT2D eigenvalue weighted by molar-refractivity contribution is -0.0387. The van der Waals surface area contributed by atoms with Crippen LogP contribution in [0, 0.1) is 6.92 Å². The third-order valence-electron chi connectivity index (χ3n) is 5.46. The molecule has 1 aliphatic rings. The van der Waals surface area contributed by atoms with Gasteiger partial charge in [0.1, 0.15) is 6.23 Å². The summed E-state index contributed by atoms with van der Waals surface area (Å²) in [5.74, 6) is 0. The highest BCUT2D eigenvalue weighted by atomic mass is 28.4. The zero-order chi connectivity index (χ0) is 19.9. The lowest BCUT2D eigenvalue weighted by Crippen LogP contribution is -2.46. The van der Waals surface area contributed by atoms with Gasteiger partial charge in [-0.2, -0.15) is 0 Å². The molecule has 2 unspecified atom stereocenters. The molecule has 0 bridgehead atoms. The number of aliphatic hydroxyl groups excluding tert-OH is 1. The van der Waals surface area contributed by atoms with Crippen LogP contribution in [0.15, 0.2) is 15.8 Å². The van der Waals surface area contributed by atoms with E-state index in [1.807, 2.05) is 0 Å². The number of aromatic amines is 1. The van der Waals surface area contributed by atoms with E-state index in [0.29, 0.717) is 18.4 Å². The van der Waals surface area contributed by atoms with Crippen LogP contribution in [-0.4, -0.2) is 41.3 Å². The summed E-state index contributed by atoms with van der Waals surface area (Å²) in [6.07, 6.45) is 0.931. The maximum absolute atomic E-state index is 12.2. The Balaban J connectivity index is 2.30. The van der Waals surface area contributed by atoms with Gasteiger partial charge in [-0.15, -0.1) is 0 Å². The van der Waals surface area contributed by atoms with Gasteiger partial charge in [0.05, 0.1) is 18.3 Å². The molecule has 0 aromatic carbocycles. The minimum Gasteiger partial charge on any atom is -0.411 e. The lowest BCUT2D eigenvalue weighted by atomic mass is 10.1. The van der Waals surface area contributed by atoms with Crippen LogP contribution in [0.1, 0.15) is 52.3 Å². The highest BCUT2D eigenvalue weighted by Gasteiger charge is 2.45. The van der Waals surface area contributed by atoms with Crippen molar-refractivity contribution in [3.05, 3.63) is 32.6 Å². The molecule has 4 atom stereocenters. The average molecular weight is 385 g/mol. The molecule has 0 amide bonds. The topological polar surface area (TPSA) is 93.6 Å². The molecule has 7 nitrogen and oxygen atoms in total. The molecule has 2 rings (SSSR count). The number of nitrogens with one attached hydrogen (secondary N) is 1. The minimum absolute atomic E-state index is 0.0475. The molecule has 1 saturated heterocycles. The molecule has 0 spiro atoms. The molecule has 1 fully saturated rings. The molecular formula is C18H32N2O5Si. The van der Waals surface area contributed by atoms with Crippen molar-refractivity contribution in [2.45, 2.75) is 90.1 Å². The van der Waals surface area contributed by atoms with Gasteiger partial charge >= 0.3 is 5.69 Å². The highest BCUT2D eigenvalue weighted by molar-refractivity contribution is 6.74. The molecule has 0 aliphatic carbocycles. The molecule has 1 aromatic heterocycles. The van der Waals surface area contributed by atoms with Gasteiger partial charge in [0.25, 0.3) is 5.56 Å². The Bertz CT molecular complexity index is 747. The highest BCUT2D eigenvalue weighted by Crippen LogP contribution is 2.41. The fourth-order valence-electron chi connectivity index (χ4n) is 2.90. The largest absolute Gasteiger partial charge is 0.411 e. The molecule has 8 heteroatoms. The minimum atomic E-state index is -2.03. The van der Waals surface area contributed by atoms with Crippen molar-refractivity contribution in [3.8, 4) is 0 Å². The van der Waals surface area contributed by atoms with Gasteiger partial charge in [0.15, 0.2) is 8.32 Å². The van der Waals surface area contributed by atoms with E-state index in [9.17, 15) is 14.7 Å². The van der Waals surface area contributed by atoms with Crippen molar-refractivity contribution < 1.29 is 14.3 Å². The summed E-state index contributed by atoms with van der Waals surface area (Å²) in [7, 11) is -2.03. The van der Waals surface area contributed by atoms with Crippen molar-refractivity contribution in [3.63, 3.8) is 0 Å². The van der Waals surface area contributed by atoms with E-state index in [1.54, 1.807) is 13.8 Å². The van der Waals surface area contributed by atoms with Crippen LogP contribution in [0.2, 0.25) is 18.1 Å². The Morgan fingerprint density at radius 3 is 2.58 bits per heavy atom. The summed E-state index contributed by atoms with van der Waals surface area (Å²) in [5.41, 5.74) is -0.428. The van der Waals surface area contributed by atoms with Crippen LogP contribution >= 0.6 is 0 Å². The molecule has 2 heterocycles. The van der Waals surface area contributed by atoms with Crippen molar-refractivity contribution in [2.24, 2.45) is 0 Å². The Morgan fingerprint density at radius 1 is 1.42 bits per heavy atom. The SMILES string of the molecule is Cc1cn([C@H]2CC(O[Si](C)(C)C(C)(C)C)[C@@H](CC(C)O)O2)c(=O)[nH]c1=O. The molecule has 148 valence electrons. The van der Waals surface area contributed by atoms with Gasteiger partial charge in [-0.25, -0.2) is 4.79 Å². The van der Waals surface area contributed by atoms with E-state index in [0.717, 1.165) is 0 Å². The summed E-state index contributed by atoms with van der Waals surface area (Å²) >= 11 is 0. The zero-order valence-electron chi connectivity index (χ0n) is 16.8. The average Bonchev–Trinajstić information content (AvgIpc) is 2.82. The second-order valence-electron chi connectivity index (χ2n) is 8.84. The molecule has 0 radical (unpaired) electrons. The van der Waals surface area contributed by atoms with Crippen molar-refractivity contribution in [1.82, 2.24) is 9.55 Å². The number of rotatable bonds is 5. The number of H-pyrrole nitrogens is 1. The third kappa shape index (κ3) is 4.54. The van der Waals surface area contributed by atoms with Gasteiger partial charge in [-0.3, -0.25) is 14.3 Å². The first-order chi connectivity index (χ1) is 11.8. The smallest absolute Gasteiger partial charge is 0.330 e. The van der Waals surface area contributed by atoms with Gasteiger partial charge in [0, 0.05) is 24.6 Å². The van der Waals surface area contributed by atoms with Crippen LogP contribution in [-0.2, 0) is 9.16 Å². The quantitative estimate of drug-likeness (QED) is 0.760. The van der Waals surface area contributed by atoms with Crippen molar-refractivity contribution in [1.29, 1.82) is 0 Å². The van der Waals surface area contributed by atoms with Crippen LogP contribution in [0.3, 0.4) is 0 Å². The number of hydrogen-bond acceptors (Lipinski definition) is 5. The second kappa shape index (κ2) is 7.42. The molecular weight excluding hydrogens is 352 g/mol. The summed E-state index contributed by atoms with van der Waals surface area (Å²) in [6, 6.07) is 0. The Morgan fingerprint density at radius 2 is 2.04 bits per heavy atom. The first kappa shape index (κ1) is 21.1. The maximum Gasteiger partial charge on any atom is 0.330 e. The second-order valence-corrected chi connectivity index (χ2v) is 13.6. The summed E-state index contributed by atoms with van der Waals surface area (Å²) < 4.78 is 14.0. The number of nitrogens with zero attached hydrogens (tertiary/aromatic N) is 1. The van der Waals surface area contributed by atoms with E-state index in [4.69, 9.17) is 9.16 Å². The Kier molecular flexibility index (Phi) is 6.02. The molecule has 1 aliphatic heterocycles. The van der Waals surface area contributed by atoms with Crippen molar-refractivity contribution >= 4 is 8.32 Å². The summed E-state index contributed by atoms with van der Waals surface area (Å²) in [5, 5.41) is 9.89. The lowest BCUT2D eigenvalue weighted by Gasteiger charge is -2.39. The Hall–Kier alpha value is -1.22. The number of aromatic nitrogens is 2. The fraction of sp³-hybridized carbons (Fsp3) is 0.778. The van der Waals surface area contributed by atoms with Crippen LogP contribution in [0.5, 0.6) is 0 Å². The zero-order valence-corrected chi connectivity index (χ0v) is 17.8. The number of hydrogen-bond donors (Lipinski definition) is 2. The van der Waals surface area contributed by atoms with E-state index in [-0.39, 0.29) is 22.8 Å². The number of ether oxygens (including phenoxy) is 1. The Labute approximate surface area is 155 Å². The van der Waals surface area contributed by atoms with Gasteiger partial charge in [-0.05, 0) is 32.0 Å². The van der Waals surface area contributed by atoms with Crippen LogP contribution < -0.4 is 11.2 Å². The van der Waals surface area contributed by atoms with Gasteiger partial charge in [-0.1, -0.05) is 20.8 Å². The summed E-state index contributed by atoms with van der Waals surface area (Å²) in [4.78, 5) is 26.1. The van der Waals surface area contributed by atoms with Crippen molar-refractivity contribution in [2.75, 3.05) is 0 Å². The van der Waals surface area contributed by atoms with E-state index in [1.165, 1.54) is 10.8 Å². The predicted octanol–water partition coefficient (Wildman–Crippen LogP) is 2.29. The van der Waals surface area contributed by atoms with Gasteiger partial charge in [0.2, 0.25) is 0 Å². The normalized spacial score (nSPS) is 25.5. The first-order valence-corrected chi connectivity index (χ1v) is 12.1. The number of aryl methyl sites for hydroxylation is 1. The van der Waals surface area contributed by atoms with E-state index >= 15 is 0 Å². The van der Waals surface area contributed by atoms with Gasteiger partial charge < -0.3 is 14.3 Å². The third-order valence-corrected chi connectivity index (χ3v) is 9.97. The standard InChI is InChI=1S/C18H32N2O5Si/c1-11-10-20(17(23)19-16(11)22)15-9-14(13(24-15)8-12(2)21)25-26(6,7)18(3,4)5/h10,12-15,21H,8-9H2,1-7H3,(H,19,22,23)/t12?,13-,14?,15-/m1/s1. The van der Waals surface area contributed by atoms with E-state index < -0.39 is 26.3 Å². The van der Waals surface area contributed by atoms with Crippen LogP contribution in [0.25, 0.3) is 0 Å². The maximum atomic E-state index is 12.2. The molecule has 26 heavy (non-hydrogen) atoms.